The molecule has 0 aliphatic rings. The largest absolute Gasteiger partial charge is 0.462 e. The van der Waals surface area contributed by atoms with Crippen LogP contribution in [0.4, 0.5) is 0 Å². The van der Waals surface area contributed by atoms with Gasteiger partial charge in [0.05, 0.1) is 0 Å². The molecule has 0 saturated carbocycles. The summed E-state index contributed by atoms with van der Waals surface area (Å²) < 4.78 is 16.6. The minimum absolute atomic E-state index is 0.0649. The molecule has 0 aromatic heterocycles. The third-order valence-electron chi connectivity index (χ3n) is 10.5. The van der Waals surface area contributed by atoms with Crippen LogP contribution in [0.3, 0.4) is 0 Å². The summed E-state index contributed by atoms with van der Waals surface area (Å²) in [5.74, 6) is -0.0148. The van der Waals surface area contributed by atoms with E-state index in [0.717, 1.165) is 70.1 Å². The molecule has 0 aromatic rings. The van der Waals surface area contributed by atoms with E-state index in [-0.39, 0.29) is 31.1 Å². The normalized spacial score (nSPS) is 11.9. The van der Waals surface area contributed by atoms with Crippen molar-refractivity contribution < 1.29 is 28.6 Å². The molecule has 0 fully saturated rings. The molecule has 0 heterocycles. The second-order valence-corrected chi connectivity index (χ2v) is 16.5. The van der Waals surface area contributed by atoms with Crippen LogP contribution in [0.1, 0.15) is 259 Å². The Balaban J connectivity index is 4.06. The van der Waals surface area contributed by atoms with Gasteiger partial charge >= 0.3 is 17.9 Å². The van der Waals surface area contributed by atoms with Crippen molar-refractivity contribution in [3.05, 3.63) is 0 Å². The smallest absolute Gasteiger partial charge is 0.306 e. The van der Waals surface area contributed by atoms with Gasteiger partial charge in [-0.05, 0) is 25.2 Å². The number of carbonyl (C=O) groups is 3. The lowest BCUT2D eigenvalue weighted by Gasteiger charge is -2.18. The molecule has 0 saturated heterocycles. The summed E-state index contributed by atoms with van der Waals surface area (Å²) in [7, 11) is 0. The highest BCUT2D eigenvalue weighted by atomic mass is 16.6. The third kappa shape index (κ3) is 41.4. The Labute approximate surface area is 329 Å². The lowest BCUT2D eigenvalue weighted by Crippen LogP contribution is -2.30. The molecule has 0 unspecified atom stereocenters. The summed E-state index contributed by atoms with van der Waals surface area (Å²) in [6.45, 7) is 8.93. The molecular weight excluding hydrogens is 661 g/mol. The molecule has 6 nitrogen and oxygen atoms in total. The van der Waals surface area contributed by atoms with Gasteiger partial charge < -0.3 is 14.2 Å². The summed E-state index contributed by atoms with van der Waals surface area (Å²) in [5, 5.41) is 0. The average Bonchev–Trinajstić information content (AvgIpc) is 3.14. The Morgan fingerprint density at radius 3 is 0.925 bits per heavy atom. The maximum absolute atomic E-state index is 12.5. The molecule has 0 aromatic carbocycles. The number of esters is 3. The van der Waals surface area contributed by atoms with E-state index in [4.69, 9.17) is 14.2 Å². The fourth-order valence-corrected chi connectivity index (χ4v) is 6.98. The summed E-state index contributed by atoms with van der Waals surface area (Å²) >= 11 is 0. The topological polar surface area (TPSA) is 78.9 Å². The Morgan fingerprint density at radius 2 is 0.623 bits per heavy atom. The zero-order valence-corrected chi connectivity index (χ0v) is 36.0. The zero-order chi connectivity index (χ0) is 38.9. The second-order valence-electron chi connectivity index (χ2n) is 16.5. The van der Waals surface area contributed by atoms with Gasteiger partial charge in [-0.15, -0.1) is 0 Å². The van der Waals surface area contributed by atoms with Crippen molar-refractivity contribution >= 4 is 17.9 Å². The van der Waals surface area contributed by atoms with Gasteiger partial charge in [-0.3, -0.25) is 14.4 Å². The van der Waals surface area contributed by atoms with E-state index in [1.54, 1.807) is 0 Å². The molecule has 0 bridgehead atoms. The van der Waals surface area contributed by atoms with Crippen molar-refractivity contribution in [1.29, 1.82) is 0 Å². The monoisotopic (exact) mass is 751 g/mol. The highest BCUT2D eigenvalue weighted by Crippen LogP contribution is 2.16. The van der Waals surface area contributed by atoms with E-state index in [1.807, 2.05) is 0 Å². The van der Waals surface area contributed by atoms with Crippen molar-refractivity contribution in [2.45, 2.75) is 265 Å². The van der Waals surface area contributed by atoms with Gasteiger partial charge in [0, 0.05) is 19.3 Å². The van der Waals surface area contributed by atoms with E-state index in [2.05, 4.69) is 27.7 Å². The number of ether oxygens (including phenoxy) is 3. The van der Waals surface area contributed by atoms with Gasteiger partial charge in [0.15, 0.2) is 6.10 Å². The number of carbonyl (C=O) groups excluding carboxylic acids is 3. The SMILES string of the molecule is CCCCCCCCCCCCCC(=O)OC[C@H](COC(=O)CCCCCCCCCCCCCCCCCCC(C)C)OC(=O)CCCCCCC. The quantitative estimate of drug-likeness (QED) is 0.0351. The van der Waals surface area contributed by atoms with Gasteiger partial charge in [0.1, 0.15) is 13.2 Å². The average molecular weight is 751 g/mol. The van der Waals surface area contributed by atoms with Gasteiger partial charge in [-0.2, -0.15) is 0 Å². The first-order valence-corrected chi connectivity index (χ1v) is 23.4. The minimum atomic E-state index is -0.757. The molecule has 314 valence electrons. The zero-order valence-electron chi connectivity index (χ0n) is 36.0. The first-order chi connectivity index (χ1) is 25.9. The molecule has 0 amide bonds. The van der Waals surface area contributed by atoms with Crippen molar-refractivity contribution in [3.8, 4) is 0 Å². The third-order valence-corrected chi connectivity index (χ3v) is 10.5. The van der Waals surface area contributed by atoms with Gasteiger partial charge in [0.2, 0.25) is 0 Å². The number of unbranched alkanes of at least 4 members (excludes halogenated alkanes) is 29. The van der Waals surface area contributed by atoms with Crippen LogP contribution in [-0.4, -0.2) is 37.2 Å². The van der Waals surface area contributed by atoms with Crippen LogP contribution in [0.5, 0.6) is 0 Å². The Bertz CT molecular complexity index is 796. The molecular formula is C47H90O6. The highest BCUT2D eigenvalue weighted by molar-refractivity contribution is 5.71. The van der Waals surface area contributed by atoms with Crippen molar-refractivity contribution in [2.75, 3.05) is 13.2 Å². The minimum Gasteiger partial charge on any atom is -0.462 e. The van der Waals surface area contributed by atoms with E-state index < -0.39 is 6.10 Å². The number of hydrogen-bond donors (Lipinski definition) is 0. The van der Waals surface area contributed by atoms with Crippen molar-refractivity contribution in [1.82, 2.24) is 0 Å². The highest BCUT2D eigenvalue weighted by Gasteiger charge is 2.19. The van der Waals surface area contributed by atoms with Crippen molar-refractivity contribution in [2.24, 2.45) is 5.92 Å². The summed E-state index contributed by atoms with van der Waals surface area (Å²) in [5.41, 5.74) is 0. The van der Waals surface area contributed by atoms with E-state index in [1.165, 1.54) is 148 Å². The number of rotatable bonds is 42. The standard InChI is InChI=1S/C47H90O6/c1-5-7-9-11-12-13-20-24-27-31-34-38-45(48)51-41-44(53-47(50)40-36-29-10-8-6-2)42-52-46(49)39-35-32-28-25-22-19-17-15-14-16-18-21-23-26-30-33-37-43(3)4/h43-44H,5-42H2,1-4H3/t44-/m1/s1. The molecule has 6 heteroatoms. The van der Waals surface area contributed by atoms with Gasteiger partial charge in [0.25, 0.3) is 0 Å². The molecule has 53 heavy (non-hydrogen) atoms. The molecule has 0 aliphatic heterocycles. The van der Waals surface area contributed by atoms with Crippen LogP contribution in [0, 0.1) is 5.92 Å². The Hall–Kier alpha value is -1.59. The number of hydrogen-bond acceptors (Lipinski definition) is 6. The fraction of sp³-hybridized carbons (Fsp3) is 0.936. The fourth-order valence-electron chi connectivity index (χ4n) is 6.98. The Kier molecular flexibility index (Phi) is 40.3. The van der Waals surface area contributed by atoms with E-state index in [9.17, 15) is 14.4 Å². The molecule has 0 radical (unpaired) electrons. The van der Waals surface area contributed by atoms with Crippen molar-refractivity contribution in [3.63, 3.8) is 0 Å². The van der Waals surface area contributed by atoms with Gasteiger partial charge in [-0.25, -0.2) is 0 Å². The van der Waals surface area contributed by atoms with Crippen LogP contribution < -0.4 is 0 Å². The van der Waals surface area contributed by atoms with Crippen LogP contribution in [-0.2, 0) is 28.6 Å². The lowest BCUT2D eigenvalue weighted by molar-refractivity contribution is -0.167. The van der Waals surface area contributed by atoms with Gasteiger partial charge in [-0.1, -0.05) is 220 Å². The lowest BCUT2D eigenvalue weighted by atomic mass is 10.0. The molecule has 0 rings (SSSR count). The predicted octanol–water partition coefficient (Wildman–Crippen LogP) is 14.7. The maximum Gasteiger partial charge on any atom is 0.306 e. The maximum atomic E-state index is 12.5. The van der Waals surface area contributed by atoms with Crippen LogP contribution in [0.25, 0.3) is 0 Å². The Morgan fingerprint density at radius 1 is 0.358 bits per heavy atom. The first-order valence-electron chi connectivity index (χ1n) is 23.4. The molecule has 0 spiro atoms. The summed E-state index contributed by atoms with van der Waals surface area (Å²) in [4.78, 5) is 37.4. The van der Waals surface area contributed by atoms with E-state index in [0.29, 0.717) is 19.3 Å². The van der Waals surface area contributed by atoms with Crippen LogP contribution >= 0.6 is 0 Å². The molecule has 0 N–H and O–H groups in total. The van der Waals surface area contributed by atoms with Crippen LogP contribution in [0.2, 0.25) is 0 Å². The predicted molar refractivity (Wildman–Crippen MR) is 224 cm³/mol. The summed E-state index contributed by atoms with van der Waals surface area (Å²) in [6, 6.07) is 0. The second kappa shape index (κ2) is 41.6. The molecule has 1 atom stereocenters. The van der Waals surface area contributed by atoms with Crippen LogP contribution in [0.15, 0.2) is 0 Å². The first kappa shape index (κ1) is 51.4. The van der Waals surface area contributed by atoms with E-state index >= 15 is 0 Å². The molecule has 0 aliphatic carbocycles. The summed E-state index contributed by atoms with van der Waals surface area (Å²) in [6.07, 6.45) is 41.2.